The van der Waals surface area contributed by atoms with Crippen molar-refractivity contribution >= 4 is 5.91 Å². The van der Waals surface area contributed by atoms with Crippen LogP contribution in [0.4, 0.5) is 0 Å². The molecule has 2 atom stereocenters. The number of nitrogens with zero attached hydrogens (tertiary/aromatic N) is 1. The number of carbonyl (C=O) groups excluding carboxylic acids is 1. The average molecular weight is 321 g/mol. The first kappa shape index (κ1) is 15.4. The summed E-state index contributed by atoms with van der Waals surface area (Å²) in [5, 5.41) is 10.0. The fourth-order valence-corrected chi connectivity index (χ4v) is 4.43. The van der Waals surface area contributed by atoms with E-state index in [9.17, 15) is 9.90 Å². The normalized spacial score (nSPS) is 25.9. The van der Waals surface area contributed by atoms with Crippen LogP contribution in [0.5, 0.6) is 0 Å². The Labute approximate surface area is 142 Å². The fraction of sp³-hybridized carbons (Fsp3) is 0.381. The van der Waals surface area contributed by atoms with Crippen molar-refractivity contribution in [2.24, 2.45) is 0 Å². The van der Waals surface area contributed by atoms with E-state index in [-0.39, 0.29) is 30.0 Å². The van der Waals surface area contributed by atoms with Gasteiger partial charge >= 0.3 is 0 Å². The molecule has 3 nitrogen and oxygen atoms in total. The summed E-state index contributed by atoms with van der Waals surface area (Å²) < 4.78 is 0. The highest BCUT2D eigenvalue weighted by molar-refractivity contribution is 5.88. The van der Waals surface area contributed by atoms with Crippen molar-refractivity contribution in [1.82, 2.24) is 4.90 Å². The molecule has 2 aromatic carbocycles. The van der Waals surface area contributed by atoms with Crippen LogP contribution in [0, 0.1) is 0 Å². The van der Waals surface area contributed by atoms with Crippen LogP contribution >= 0.6 is 0 Å². The maximum Gasteiger partial charge on any atom is 0.235 e. The summed E-state index contributed by atoms with van der Waals surface area (Å²) in [4.78, 5) is 15.6. The smallest absolute Gasteiger partial charge is 0.235 e. The van der Waals surface area contributed by atoms with Gasteiger partial charge in [0.05, 0.1) is 12.0 Å². The maximum absolute atomic E-state index is 13.5. The molecule has 4 rings (SSSR count). The highest BCUT2D eigenvalue weighted by Crippen LogP contribution is 2.39. The van der Waals surface area contributed by atoms with Gasteiger partial charge in [-0.15, -0.1) is 0 Å². The minimum absolute atomic E-state index is 0.187. The number of amides is 1. The summed E-state index contributed by atoms with van der Waals surface area (Å²) in [5.41, 5.74) is 2.08. The SMILES string of the molecule is O=C(C(c1ccccc1)c1ccccc1)N1C2CCC1CC(O)C2. The Bertz CT molecular complexity index is 647. The van der Waals surface area contributed by atoms with E-state index in [0.717, 1.165) is 36.8 Å². The molecule has 1 amide bonds. The molecule has 2 fully saturated rings. The molecule has 0 spiro atoms. The Morgan fingerprint density at radius 3 is 1.79 bits per heavy atom. The van der Waals surface area contributed by atoms with Gasteiger partial charge in [0.1, 0.15) is 0 Å². The predicted molar refractivity (Wildman–Crippen MR) is 93.6 cm³/mol. The zero-order valence-corrected chi connectivity index (χ0v) is 13.7. The van der Waals surface area contributed by atoms with Gasteiger partial charge in [-0.25, -0.2) is 0 Å². The molecule has 2 unspecified atom stereocenters. The van der Waals surface area contributed by atoms with Gasteiger partial charge in [-0.3, -0.25) is 4.79 Å². The number of hydrogen-bond donors (Lipinski definition) is 1. The van der Waals surface area contributed by atoms with Crippen molar-refractivity contribution in [2.45, 2.75) is 49.8 Å². The molecule has 124 valence electrons. The lowest BCUT2D eigenvalue weighted by atomic mass is 9.88. The van der Waals surface area contributed by atoms with Gasteiger partial charge < -0.3 is 10.0 Å². The van der Waals surface area contributed by atoms with Crippen molar-refractivity contribution in [2.75, 3.05) is 0 Å². The summed E-state index contributed by atoms with van der Waals surface area (Å²) in [6.07, 6.45) is 3.23. The second-order valence-corrected chi connectivity index (χ2v) is 7.01. The summed E-state index contributed by atoms with van der Waals surface area (Å²) in [7, 11) is 0. The topological polar surface area (TPSA) is 40.5 Å². The second kappa shape index (κ2) is 6.40. The van der Waals surface area contributed by atoms with Crippen LogP contribution in [0.1, 0.15) is 42.7 Å². The maximum atomic E-state index is 13.5. The summed E-state index contributed by atoms with van der Waals surface area (Å²) in [5.74, 6) is -0.0717. The first-order valence-electron chi connectivity index (χ1n) is 8.84. The van der Waals surface area contributed by atoms with Crippen LogP contribution in [0.25, 0.3) is 0 Å². The Balaban J connectivity index is 1.71. The number of carbonyl (C=O) groups is 1. The lowest BCUT2D eigenvalue weighted by Gasteiger charge is -2.39. The Hall–Kier alpha value is -2.13. The van der Waals surface area contributed by atoms with Crippen molar-refractivity contribution < 1.29 is 9.90 Å². The van der Waals surface area contributed by atoms with Crippen LogP contribution in [0.15, 0.2) is 60.7 Å². The number of aliphatic hydroxyl groups excluding tert-OH is 1. The molecular formula is C21H23NO2. The van der Waals surface area contributed by atoms with E-state index in [1.165, 1.54) is 0 Å². The van der Waals surface area contributed by atoms with Crippen LogP contribution < -0.4 is 0 Å². The lowest BCUT2D eigenvalue weighted by Crippen LogP contribution is -2.49. The Morgan fingerprint density at radius 2 is 1.33 bits per heavy atom. The zero-order chi connectivity index (χ0) is 16.5. The summed E-state index contributed by atoms with van der Waals surface area (Å²) in [6, 6.07) is 20.5. The number of fused-ring (bicyclic) bond motifs is 2. The molecule has 2 aromatic rings. The van der Waals surface area contributed by atoms with E-state index in [2.05, 4.69) is 4.90 Å². The van der Waals surface area contributed by atoms with Crippen LogP contribution in [-0.2, 0) is 4.79 Å². The molecule has 2 saturated heterocycles. The number of rotatable bonds is 3. The monoisotopic (exact) mass is 321 g/mol. The van der Waals surface area contributed by atoms with Gasteiger partial charge in [-0.2, -0.15) is 0 Å². The molecular weight excluding hydrogens is 298 g/mol. The number of piperidine rings is 1. The average Bonchev–Trinajstić information content (AvgIpc) is 2.88. The molecule has 1 N–H and O–H groups in total. The predicted octanol–water partition coefficient (Wildman–Crippen LogP) is 3.33. The third kappa shape index (κ3) is 2.73. The molecule has 24 heavy (non-hydrogen) atoms. The molecule has 2 bridgehead atoms. The largest absolute Gasteiger partial charge is 0.393 e. The third-order valence-electron chi connectivity index (χ3n) is 5.48. The first-order valence-corrected chi connectivity index (χ1v) is 8.84. The zero-order valence-electron chi connectivity index (χ0n) is 13.7. The van der Waals surface area contributed by atoms with Crippen molar-refractivity contribution in [3.05, 3.63) is 71.8 Å². The highest BCUT2D eigenvalue weighted by atomic mass is 16.3. The number of aliphatic hydroxyl groups is 1. The van der Waals surface area contributed by atoms with Gasteiger partial charge in [0.2, 0.25) is 5.91 Å². The molecule has 0 aliphatic carbocycles. The lowest BCUT2D eigenvalue weighted by molar-refractivity contribution is -0.138. The Kier molecular flexibility index (Phi) is 4.11. The fourth-order valence-electron chi connectivity index (χ4n) is 4.43. The van der Waals surface area contributed by atoms with Crippen LogP contribution in [-0.4, -0.2) is 34.1 Å². The highest BCUT2D eigenvalue weighted by Gasteiger charge is 2.44. The van der Waals surface area contributed by atoms with Gasteiger partial charge in [0, 0.05) is 12.1 Å². The third-order valence-corrected chi connectivity index (χ3v) is 5.48. The molecule has 0 saturated carbocycles. The quantitative estimate of drug-likeness (QED) is 0.942. The van der Waals surface area contributed by atoms with E-state index in [0.29, 0.717) is 0 Å². The molecule has 0 aromatic heterocycles. The second-order valence-electron chi connectivity index (χ2n) is 7.01. The van der Waals surface area contributed by atoms with Crippen LogP contribution in [0.2, 0.25) is 0 Å². The van der Waals surface area contributed by atoms with Gasteiger partial charge in [0.15, 0.2) is 0 Å². The van der Waals surface area contributed by atoms with Gasteiger partial charge in [-0.05, 0) is 36.8 Å². The molecule has 2 aliphatic rings. The number of benzene rings is 2. The van der Waals surface area contributed by atoms with Crippen LogP contribution in [0.3, 0.4) is 0 Å². The number of hydrogen-bond acceptors (Lipinski definition) is 2. The van der Waals surface area contributed by atoms with E-state index in [4.69, 9.17) is 0 Å². The molecule has 2 heterocycles. The standard InChI is InChI=1S/C21H23NO2/c23-19-13-17-11-12-18(14-19)22(17)21(24)20(15-7-3-1-4-8-15)16-9-5-2-6-10-16/h1-10,17-20,23H,11-14H2. The first-order chi connectivity index (χ1) is 11.7. The minimum Gasteiger partial charge on any atom is -0.393 e. The van der Waals surface area contributed by atoms with Crippen molar-refractivity contribution in [3.8, 4) is 0 Å². The molecule has 2 aliphatic heterocycles. The minimum atomic E-state index is -0.259. The van der Waals surface area contributed by atoms with Gasteiger partial charge in [-0.1, -0.05) is 60.7 Å². The summed E-state index contributed by atoms with van der Waals surface area (Å²) >= 11 is 0. The van der Waals surface area contributed by atoms with E-state index in [1.54, 1.807) is 0 Å². The summed E-state index contributed by atoms with van der Waals surface area (Å²) in [6.45, 7) is 0. The van der Waals surface area contributed by atoms with Gasteiger partial charge in [0.25, 0.3) is 0 Å². The van der Waals surface area contributed by atoms with E-state index in [1.807, 2.05) is 60.7 Å². The molecule has 0 radical (unpaired) electrons. The van der Waals surface area contributed by atoms with Crippen molar-refractivity contribution in [1.29, 1.82) is 0 Å². The van der Waals surface area contributed by atoms with E-state index < -0.39 is 0 Å². The van der Waals surface area contributed by atoms with Crippen molar-refractivity contribution in [3.63, 3.8) is 0 Å². The molecule has 3 heteroatoms. The Morgan fingerprint density at radius 1 is 0.875 bits per heavy atom. The van der Waals surface area contributed by atoms with E-state index >= 15 is 0 Å².